The molecular weight excluding hydrogens is 346 g/mol. The first-order valence-corrected chi connectivity index (χ1v) is 8.00. The summed E-state index contributed by atoms with van der Waals surface area (Å²) in [6, 6.07) is 6.80. The average Bonchev–Trinajstić information content (AvgIpc) is 2.87. The molecule has 4 N–H and O–H groups in total. The summed E-state index contributed by atoms with van der Waals surface area (Å²) >= 11 is 5.86. The number of nitrogens with two attached hydrogens (primary N) is 1. The minimum Gasteiger partial charge on any atom is -0.393 e. The van der Waals surface area contributed by atoms with E-state index < -0.39 is 4.92 Å². The van der Waals surface area contributed by atoms with Crippen molar-refractivity contribution in [3.8, 4) is 0 Å². The lowest BCUT2D eigenvalue weighted by molar-refractivity contribution is -0.383. The van der Waals surface area contributed by atoms with Crippen molar-refractivity contribution < 1.29 is 9.72 Å². The Morgan fingerprint density at radius 3 is 2.88 bits per heavy atom. The van der Waals surface area contributed by atoms with Crippen LogP contribution < -0.4 is 16.4 Å². The summed E-state index contributed by atoms with van der Waals surface area (Å²) in [6.07, 6.45) is 1.63. The van der Waals surface area contributed by atoms with Gasteiger partial charge in [-0.05, 0) is 36.1 Å². The molecule has 130 valence electrons. The van der Waals surface area contributed by atoms with Crippen molar-refractivity contribution in [3.63, 3.8) is 0 Å². The van der Waals surface area contributed by atoms with E-state index in [1.54, 1.807) is 6.07 Å². The molecule has 0 bridgehead atoms. The van der Waals surface area contributed by atoms with Crippen LogP contribution in [0.5, 0.6) is 0 Å². The molecule has 0 aliphatic heterocycles. The number of rotatable bonds is 4. The second kappa shape index (κ2) is 6.56. The van der Waals surface area contributed by atoms with Crippen LogP contribution in [0.15, 0.2) is 24.3 Å². The Kier molecular flexibility index (Phi) is 4.45. The lowest BCUT2D eigenvalue weighted by atomic mass is 10.1. The van der Waals surface area contributed by atoms with Crippen LogP contribution in [0.1, 0.15) is 30.5 Å². The summed E-state index contributed by atoms with van der Waals surface area (Å²) in [7, 11) is 0. The fourth-order valence-electron chi connectivity index (χ4n) is 3.03. The van der Waals surface area contributed by atoms with Gasteiger partial charge in [0.25, 0.3) is 0 Å². The molecule has 1 heterocycles. The first-order chi connectivity index (χ1) is 11.8. The third-order valence-corrected chi connectivity index (χ3v) is 4.23. The minimum absolute atomic E-state index is 0.00387. The maximum absolute atomic E-state index is 11.3. The zero-order valence-electron chi connectivity index (χ0n) is 13.4. The van der Waals surface area contributed by atoms with Crippen LogP contribution in [0, 0.1) is 10.1 Å². The van der Waals surface area contributed by atoms with Gasteiger partial charge in [0.2, 0.25) is 11.7 Å². The number of nitro groups is 1. The predicted molar refractivity (Wildman–Crippen MR) is 94.9 cm³/mol. The minimum atomic E-state index is -0.596. The number of aromatic nitrogens is 1. The Morgan fingerprint density at radius 1 is 1.44 bits per heavy atom. The summed E-state index contributed by atoms with van der Waals surface area (Å²) in [6.45, 7) is 1.49. The highest BCUT2D eigenvalue weighted by molar-refractivity contribution is 6.30. The van der Waals surface area contributed by atoms with Crippen molar-refractivity contribution in [2.45, 2.75) is 25.8 Å². The van der Waals surface area contributed by atoms with Crippen LogP contribution in [0.3, 0.4) is 0 Å². The van der Waals surface area contributed by atoms with E-state index in [4.69, 9.17) is 17.3 Å². The SMILES string of the molecule is CC(=O)N[C@H]1CCc2cc(Nc3nc(Cl)cc(N)c3[N+](=O)[O-])ccc21. The average molecular weight is 362 g/mol. The molecule has 0 spiro atoms. The van der Waals surface area contributed by atoms with E-state index >= 15 is 0 Å². The van der Waals surface area contributed by atoms with Gasteiger partial charge in [0, 0.05) is 18.7 Å². The summed E-state index contributed by atoms with van der Waals surface area (Å²) < 4.78 is 0. The van der Waals surface area contributed by atoms with E-state index in [0.717, 1.165) is 24.0 Å². The maximum Gasteiger partial charge on any atom is 0.334 e. The number of fused-ring (bicyclic) bond motifs is 1. The number of hydrogen-bond acceptors (Lipinski definition) is 6. The fraction of sp³-hybridized carbons (Fsp3) is 0.250. The van der Waals surface area contributed by atoms with Crippen LogP contribution in [-0.2, 0) is 11.2 Å². The molecule has 1 aliphatic carbocycles. The molecule has 1 aromatic carbocycles. The van der Waals surface area contributed by atoms with Gasteiger partial charge >= 0.3 is 5.69 Å². The quantitative estimate of drug-likeness (QED) is 0.436. The van der Waals surface area contributed by atoms with Gasteiger partial charge in [-0.15, -0.1) is 0 Å². The third-order valence-electron chi connectivity index (χ3n) is 4.03. The Hall–Kier alpha value is -2.87. The number of nitrogens with one attached hydrogen (secondary N) is 2. The molecule has 0 saturated heterocycles. The second-order valence-corrected chi connectivity index (χ2v) is 6.21. The van der Waals surface area contributed by atoms with Gasteiger partial charge in [-0.1, -0.05) is 17.7 Å². The van der Waals surface area contributed by atoms with Crippen molar-refractivity contribution in [1.82, 2.24) is 10.3 Å². The van der Waals surface area contributed by atoms with Crippen LogP contribution in [0.25, 0.3) is 0 Å². The maximum atomic E-state index is 11.3. The second-order valence-electron chi connectivity index (χ2n) is 5.82. The first-order valence-electron chi connectivity index (χ1n) is 7.62. The van der Waals surface area contributed by atoms with Gasteiger partial charge < -0.3 is 16.4 Å². The molecule has 1 aromatic heterocycles. The van der Waals surface area contributed by atoms with Crippen molar-refractivity contribution in [2.24, 2.45) is 0 Å². The van der Waals surface area contributed by atoms with E-state index in [-0.39, 0.29) is 34.3 Å². The van der Waals surface area contributed by atoms with Crippen molar-refractivity contribution in [2.75, 3.05) is 11.1 Å². The number of nitrogen functional groups attached to an aromatic ring is 1. The summed E-state index contributed by atoms with van der Waals surface area (Å²) in [5, 5.41) is 17.1. The van der Waals surface area contributed by atoms with E-state index in [1.165, 1.54) is 13.0 Å². The van der Waals surface area contributed by atoms with Gasteiger partial charge in [0.05, 0.1) is 11.0 Å². The standard InChI is InChI=1S/C16H16ClN5O3/c1-8(23)19-13-5-2-9-6-10(3-4-11(9)13)20-16-15(22(24)25)12(18)7-14(17)21-16/h3-4,6-7,13H,2,5H2,1H3,(H,19,23)(H3,18,20,21)/t13-/m0/s1. The van der Waals surface area contributed by atoms with Crippen LogP contribution >= 0.6 is 11.6 Å². The lowest BCUT2D eigenvalue weighted by Gasteiger charge is -2.13. The Balaban J connectivity index is 1.91. The molecule has 1 amide bonds. The van der Waals surface area contributed by atoms with Crippen LogP contribution in [0.4, 0.5) is 22.9 Å². The van der Waals surface area contributed by atoms with Gasteiger partial charge in [0.1, 0.15) is 10.8 Å². The van der Waals surface area contributed by atoms with Crippen molar-refractivity contribution >= 4 is 40.4 Å². The smallest absolute Gasteiger partial charge is 0.334 e. The number of anilines is 3. The number of nitrogens with zero attached hydrogens (tertiary/aromatic N) is 2. The highest BCUT2D eigenvalue weighted by Crippen LogP contribution is 2.36. The molecule has 8 nitrogen and oxygen atoms in total. The molecule has 25 heavy (non-hydrogen) atoms. The monoisotopic (exact) mass is 361 g/mol. The molecule has 1 aliphatic rings. The molecule has 1 atom stereocenters. The number of aryl methyl sites for hydroxylation is 1. The van der Waals surface area contributed by atoms with E-state index in [9.17, 15) is 14.9 Å². The number of carbonyl (C=O) groups is 1. The number of carbonyl (C=O) groups excluding carboxylic acids is 1. The summed E-state index contributed by atoms with van der Waals surface area (Å²) in [4.78, 5) is 25.9. The van der Waals surface area contributed by atoms with Gasteiger partial charge in [-0.3, -0.25) is 14.9 Å². The zero-order chi connectivity index (χ0) is 18.1. The highest BCUT2D eigenvalue weighted by atomic mass is 35.5. The van der Waals surface area contributed by atoms with E-state index in [2.05, 4.69) is 15.6 Å². The molecular formula is C16H16ClN5O3. The molecule has 0 radical (unpaired) electrons. The molecule has 9 heteroatoms. The number of hydrogen-bond donors (Lipinski definition) is 3. The molecule has 2 aromatic rings. The highest BCUT2D eigenvalue weighted by Gasteiger charge is 2.25. The Bertz CT molecular complexity index is 871. The molecule has 3 rings (SSSR count). The molecule has 0 unspecified atom stereocenters. The fourth-order valence-corrected chi connectivity index (χ4v) is 3.23. The molecule has 0 saturated carbocycles. The van der Waals surface area contributed by atoms with Crippen LogP contribution in [-0.4, -0.2) is 15.8 Å². The van der Waals surface area contributed by atoms with Crippen molar-refractivity contribution in [3.05, 3.63) is 50.7 Å². The molecule has 0 fully saturated rings. The van der Waals surface area contributed by atoms with Crippen molar-refractivity contribution in [1.29, 1.82) is 0 Å². The largest absolute Gasteiger partial charge is 0.393 e. The number of amides is 1. The van der Waals surface area contributed by atoms with Gasteiger partial charge in [-0.25, -0.2) is 4.98 Å². The number of pyridine rings is 1. The Labute approximate surface area is 148 Å². The summed E-state index contributed by atoms with van der Waals surface area (Å²) in [5.41, 5.74) is 8.07. The number of halogens is 1. The van der Waals surface area contributed by atoms with Crippen LogP contribution in [0.2, 0.25) is 5.15 Å². The van der Waals surface area contributed by atoms with Gasteiger partial charge in [0.15, 0.2) is 0 Å². The van der Waals surface area contributed by atoms with Gasteiger partial charge in [-0.2, -0.15) is 0 Å². The number of benzene rings is 1. The topological polar surface area (TPSA) is 123 Å². The normalized spacial score (nSPS) is 15.5. The zero-order valence-corrected chi connectivity index (χ0v) is 14.1. The lowest BCUT2D eigenvalue weighted by Crippen LogP contribution is -2.24. The predicted octanol–water partition coefficient (Wildman–Crippen LogP) is 3.09. The third kappa shape index (κ3) is 3.48. The Morgan fingerprint density at radius 2 is 2.20 bits per heavy atom. The first kappa shape index (κ1) is 17.0. The van der Waals surface area contributed by atoms with E-state index in [1.807, 2.05) is 12.1 Å². The summed E-state index contributed by atoms with van der Waals surface area (Å²) in [5.74, 6) is -0.0827. The van der Waals surface area contributed by atoms with E-state index in [0.29, 0.717) is 5.69 Å².